The minimum absolute atomic E-state index is 0.0786. The van der Waals surface area contributed by atoms with Crippen LogP contribution >= 0.6 is 0 Å². The summed E-state index contributed by atoms with van der Waals surface area (Å²) in [5.74, 6) is -1.15. The molecule has 0 aliphatic carbocycles. The first-order valence-corrected chi connectivity index (χ1v) is 6.41. The zero-order valence-corrected chi connectivity index (χ0v) is 11.2. The Balaban J connectivity index is 2.08. The predicted molar refractivity (Wildman–Crippen MR) is 67.3 cm³/mol. The number of amides is 2. The highest BCUT2D eigenvalue weighted by molar-refractivity contribution is 6.01. The summed E-state index contributed by atoms with van der Waals surface area (Å²) in [6.07, 6.45) is 1.33. The summed E-state index contributed by atoms with van der Waals surface area (Å²) in [5.41, 5.74) is 0.347. The van der Waals surface area contributed by atoms with Crippen LogP contribution in [-0.2, 0) is 14.4 Å². The maximum Gasteiger partial charge on any atom is 0.331 e. The number of nitrogens with zero attached hydrogens (tertiary/aromatic N) is 2. The molecule has 2 fully saturated rings. The van der Waals surface area contributed by atoms with Crippen LogP contribution in [0.2, 0.25) is 0 Å². The number of aliphatic carboxylic acids is 1. The molecule has 0 radical (unpaired) electrons. The van der Waals surface area contributed by atoms with Gasteiger partial charge in [0.25, 0.3) is 0 Å². The number of hydrogen-bond acceptors (Lipinski definition) is 3. The Morgan fingerprint density at radius 1 is 1.21 bits per heavy atom. The molecule has 0 aromatic carbocycles. The highest BCUT2D eigenvalue weighted by atomic mass is 16.4. The van der Waals surface area contributed by atoms with Crippen molar-refractivity contribution in [3.63, 3.8) is 0 Å². The van der Waals surface area contributed by atoms with Gasteiger partial charge in [-0.05, 0) is 20.3 Å². The lowest BCUT2D eigenvalue weighted by Gasteiger charge is -2.37. The van der Waals surface area contributed by atoms with Gasteiger partial charge in [-0.2, -0.15) is 0 Å². The number of carboxylic acid groups (broad SMARTS) is 1. The van der Waals surface area contributed by atoms with Crippen molar-refractivity contribution in [3.05, 3.63) is 11.1 Å². The maximum absolute atomic E-state index is 12.2. The van der Waals surface area contributed by atoms with Gasteiger partial charge in [-0.15, -0.1) is 0 Å². The van der Waals surface area contributed by atoms with E-state index < -0.39 is 5.97 Å². The van der Waals surface area contributed by atoms with E-state index >= 15 is 0 Å². The molecule has 1 atom stereocenters. The van der Waals surface area contributed by atoms with Crippen molar-refractivity contribution in [3.8, 4) is 0 Å². The lowest BCUT2D eigenvalue weighted by Crippen LogP contribution is -2.53. The zero-order chi connectivity index (χ0) is 14.2. The van der Waals surface area contributed by atoms with Gasteiger partial charge < -0.3 is 14.9 Å². The van der Waals surface area contributed by atoms with Crippen molar-refractivity contribution in [1.29, 1.82) is 0 Å². The Morgan fingerprint density at radius 3 is 2.53 bits per heavy atom. The molecule has 6 heteroatoms. The van der Waals surface area contributed by atoms with Gasteiger partial charge in [-0.1, -0.05) is 0 Å². The zero-order valence-electron chi connectivity index (χ0n) is 11.2. The lowest BCUT2D eigenvalue weighted by atomic mass is 10.1. The minimum atomic E-state index is -1.07. The summed E-state index contributed by atoms with van der Waals surface area (Å²) in [7, 11) is 0. The van der Waals surface area contributed by atoms with Crippen LogP contribution in [0.3, 0.4) is 0 Å². The van der Waals surface area contributed by atoms with E-state index in [9.17, 15) is 14.4 Å². The summed E-state index contributed by atoms with van der Waals surface area (Å²) in [6.45, 7) is 4.51. The second-order valence-corrected chi connectivity index (χ2v) is 5.09. The largest absolute Gasteiger partial charge is 0.478 e. The number of fused-ring (bicyclic) bond motifs is 1. The number of carbonyl (C=O) groups is 3. The first kappa shape index (κ1) is 13.6. The Bertz CT molecular complexity index is 469. The highest BCUT2D eigenvalue weighted by Crippen LogP contribution is 2.23. The van der Waals surface area contributed by atoms with Crippen LogP contribution in [-0.4, -0.2) is 58.4 Å². The summed E-state index contributed by atoms with van der Waals surface area (Å²) >= 11 is 0. The van der Waals surface area contributed by atoms with Gasteiger partial charge in [0, 0.05) is 43.2 Å². The summed E-state index contributed by atoms with van der Waals surface area (Å²) < 4.78 is 0. The number of carbonyl (C=O) groups excluding carboxylic acids is 2. The number of piperazine rings is 1. The average Bonchev–Trinajstić information content (AvgIpc) is 2.77. The summed E-state index contributed by atoms with van der Waals surface area (Å²) in [4.78, 5) is 38.1. The first-order chi connectivity index (χ1) is 8.91. The normalized spacial score (nSPS) is 24.1. The molecule has 2 aliphatic heterocycles. The molecule has 19 heavy (non-hydrogen) atoms. The van der Waals surface area contributed by atoms with Crippen molar-refractivity contribution >= 4 is 17.8 Å². The standard InChI is InChI=1S/C13H18N2O4/c1-8(9(2)13(18)19)12(17)14-5-6-15-10(7-14)3-4-11(15)16/h10H,3-7H2,1-2H3,(H,18,19). The van der Waals surface area contributed by atoms with E-state index in [-0.39, 0.29) is 29.0 Å². The summed E-state index contributed by atoms with van der Waals surface area (Å²) in [6, 6.07) is 0.100. The summed E-state index contributed by atoms with van der Waals surface area (Å²) in [5, 5.41) is 8.90. The third-order valence-corrected chi connectivity index (χ3v) is 3.99. The SMILES string of the molecule is CC(C(=O)O)=C(C)C(=O)N1CCN2C(=O)CCC2C1. The second kappa shape index (κ2) is 5.03. The van der Waals surface area contributed by atoms with Crippen LogP contribution < -0.4 is 0 Å². The molecule has 2 heterocycles. The van der Waals surface area contributed by atoms with Crippen molar-refractivity contribution < 1.29 is 19.5 Å². The van der Waals surface area contributed by atoms with E-state index in [2.05, 4.69) is 0 Å². The number of carboxylic acids is 1. The van der Waals surface area contributed by atoms with E-state index in [1.807, 2.05) is 4.90 Å². The fourth-order valence-corrected chi connectivity index (χ4v) is 2.61. The fourth-order valence-electron chi connectivity index (χ4n) is 2.61. The molecule has 0 saturated carbocycles. The fraction of sp³-hybridized carbons (Fsp3) is 0.615. The molecule has 2 rings (SSSR count). The minimum Gasteiger partial charge on any atom is -0.478 e. The Kier molecular flexibility index (Phi) is 3.59. The average molecular weight is 266 g/mol. The smallest absolute Gasteiger partial charge is 0.331 e. The van der Waals surface area contributed by atoms with Gasteiger partial charge in [0.05, 0.1) is 0 Å². The van der Waals surface area contributed by atoms with Crippen molar-refractivity contribution in [1.82, 2.24) is 9.80 Å². The van der Waals surface area contributed by atoms with Gasteiger partial charge in [-0.3, -0.25) is 9.59 Å². The molecule has 2 aliphatic rings. The van der Waals surface area contributed by atoms with Crippen molar-refractivity contribution in [2.45, 2.75) is 32.7 Å². The Labute approximate surface area is 111 Å². The molecule has 1 unspecified atom stereocenters. The van der Waals surface area contributed by atoms with Gasteiger partial charge in [-0.25, -0.2) is 4.79 Å². The highest BCUT2D eigenvalue weighted by Gasteiger charge is 2.37. The Hall–Kier alpha value is -1.85. The number of rotatable bonds is 2. The third kappa shape index (κ3) is 2.47. The Morgan fingerprint density at radius 2 is 1.89 bits per heavy atom. The van der Waals surface area contributed by atoms with E-state index in [1.165, 1.54) is 13.8 Å². The topological polar surface area (TPSA) is 77.9 Å². The monoisotopic (exact) mass is 266 g/mol. The molecule has 2 saturated heterocycles. The molecule has 0 aromatic rings. The molecule has 0 spiro atoms. The van der Waals surface area contributed by atoms with Crippen LogP contribution in [0.25, 0.3) is 0 Å². The molecule has 104 valence electrons. The van der Waals surface area contributed by atoms with Crippen LogP contribution in [0.5, 0.6) is 0 Å². The van der Waals surface area contributed by atoms with Gasteiger partial charge in [0.2, 0.25) is 11.8 Å². The molecule has 0 aromatic heterocycles. The van der Waals surface area contributed by atoms with Crippen LogP contribution in [0, 0.1) is 0 Å². The van der Waals surface area contributed by atoms with Gasteiger partial charge in [0.1, 0.15) is 0 Å². The predicted octanol–water partition coefficient (Wildman–Crippen LogP) is 0.241. The van der Waals surface area contributed by atoms with Crippen molar-refractivity contribution in [2.24, 2.45) is 0 Å². The van der Waals surface area contributed by atoms with Gasteiger partial charge in [0.15, 0.2) is 0 Å². The van der Waals surface area contributed by atoms with Crippen LogP contribution in [0.1, 0.15) is 26.7 Å². The quantitative estimate of drug-likeness (QED) is 0.726. The molecule has 2 amide bonds. The number of hydrogen-bond donors (Lipinski definition) is 1. The van der Waals surface area contributed by atoms with Crippen molar-refractivity contribution in [2.75, 3.05) is 19.6 Å². The molecule has 0 bridgehead atoms. The molecule has 1 N–H and O–H groups in total. The third-order valence-electron chi connectivity index (χ3n) is 3.99. The molecular weight excluding hydrogens is 248 g/mol. The maximum atomic E-state index is 12.2. The van der Waals surface area contributed by atoms with E-state index in [0.29, 0.717) is 26.1 Å². The van der Waals surface area contributed by atoms with Crippen LogP contribution in [0.15, 0.2) is 11.1 Å². The molecular formula is C13H18N2O4. The van der Waals surface area contributed by atoms with E-state index in [0.717, 1.165) is 6.42 Å². The van der Waals surface area contributed by atoms with E-state index in [4.69, 9.17) is 5.11 Å². The second-order valence-electron chi connectivity index (χ2n) is 5.09. The lowest BCUT2D eigenvalue weighted by molar-refractivity contribution is -0.137. The first-order valence-electron chi connectivity index (χ1n) is 6.41. The van der Waals surface area contributed by atoms with E-state index in [1.54, 1.807) is 4.90 Å². The van der Waals surface area contributed by atoms with Crippen LogP contribution in [0.4, 0.5) is 0 Å². The van der Waals surface area contributed by atoms with Gasteiger partial charge >= 0.3 is 5.97 Å². The molecule has 6 nitrogen and oxygen atoms in total.